The summed E-state index contributed by atoms with van der Waals surface area (Å²) >= 11 is 7.82. The molecule has 7 rings (SSSR count). The van der Waals surface area contributed by atoms with Crippen LogP contribution in [-0.2, 0) is 0 Å². The predicted molar refractivity (Wildman–Crippen MR) is 165 cm³/mol. The molecule has 3 saturated heterocycles. The fraction of sp³-hybridized carbons (Fsp3) is 0.500. The lowest BCUT2D eigenvalue weighted by molar-refractivity contribution is 0.0905. The van der Waals surface area contributed by atoms with E-state index in [1.807, 2.05) is 6.92 Å². The summed E-state index contributed by atoms with van der Waals surface area (Å²) in [5.41, 5.74) is 6.75. The van der Waals surface area contributed by atoms with Crippen molar-refractivity contribution in [3.8, 4) is 17.1 Å². The van der Waals surface area contributed by atoms with Gasteiger partial charge < -0.3 is 20.7 Å². The molecule has 222 valence electrons. The average Bonchev–Trinajstić information content (AvgIpc) is 3.52. The van der Waals surface area contributed by atoms with Crippen LogP contribution in [0, 0.1) is 11.6 Å². The van der Waals surface area contributed by atoms with Crippen LogP contribution in [0.5, 0.6) is 6.01 Å². The molecular weight excluding hydrogens is 580 g/mol. The highest BCUT2D eigenvalue weighted by atomic mass is 35.5. The van der Waals surface area contributed by atoms with Gasteiger partial charge in [0.1, 0.15) is 23.3 Å². The van der Waals surface area contributed by atoms with Crippen LogP contribution in [0.3, 0.4) is 0 Å². The Balaban J connectivity index is 1.34. The molecule has 42 heavy (non-hydrogen) atoms. The minimum Gasteiger partial charge on any atom is -0.459 e. The van der Waals surface area contributed by atoms with Crippen LogP contribution in [0.2, 0.25) is 5.02 Å². The Kier molecular flexibility index (Phi) is 7.32. The second-order valence-corrected chi connectivity index (χ2v) is 13.3. The number of hydrogen-bond donors (Lipinski definition) is 2. The number of nitrogens with one attached hydrogen (secondary N) is 1. The minimum atomic E-state index is -0.624. The van der Waals surface area contributed by atoms with Crippen LogP contribution in [0.4, 0.5) is 19.7 Å². The van der Waals surface area contributed by atoms with E-state index in [1.54, 1.807) is 6.07 Å². The number of thiazole rings is 1. The quantitative estimate of drug-likeness (QED) is 0.273. The zero-order valence-electron chi connectivity index (χ0n) is 23.7. The number of likely N-dealkylation sites (tertiary alicyclic amines) is 1. The van der Waals surface area contributed by atoms with Gasteiger partial charge in [-0.2, -0.15) is 9.97 Å². The van der Waals surface area contributed by atoms with E-state index in [9.17, 15) is 4.39 Å². The van der Waals surface area contributed by atoms with E-state index < -0.39 is 11.6 Å². The first kappa shape index (κ1) is 27.9. The molecule has 4 aromatic rings. The van der Waals surface area contributed by atoms with Crippen LogP contribution < -0.4 is 20.7 Å². The molecule has 2 aromatic heterocycles. The molecule has 3 aliphatic heterocycles. The SMILES string of the molecule is CC(CN1CCCCC1C)Oc1nc(N2CC3CCC(C2)N3)c2cc(Cl)c(-c3ccc(F)c4sc(N)nc34)c(F)c2n1. The second kappa shape index (κ2) is 11.0. The smallest absolute Gasteiger partial charge is 0.319 e. The lowest BCUT2D eigenvalue weighted by Crippen LogP contribution is -2.51. The summed E-state index contributed by atoms with van der Waals surface area (Å²) in [6.07, 6.45) is 5.58. The van der Waals surface area contributed by atoms with Crippen LogP contribution >= 0.6 is 22.9 Å². The summed E-state index contributed by atoms with van der Waals surface area (Å²) in [7, 11) is 0. The highest BCUT2D eigenvalue weighted by Crippen LogP contribution is 2.43. The number of nitrogen functional groups attached to an aromatic ring is 1. The predicted octanol–water partition coefficient (Wildman–Crippen LogP) is 6.00. The van der Waals surface area contributed by atoms with Gasteiger partial charge in [0.15, 0.2) is 10.9 Å². The summed E-state index contributed by atoms with van der Waals surface area (Å²) < 4.78 is 37.8. The monoisotopic (exact) mass is 613 g/mol. The van der Waals surface area contributed by atoms with Crippen molar-refractivity contribution in [2.45, 2.75) is 70.2 Å². The second-order valence-electron chi connectivity index (χ2n) is 11.9. The zero-order chi connectivity index (χ0) is 29.1. The van der Waals surface area contributed by atoms with E-state index >= 15 is 4.39 Å². The normalized spacial score (nSPS) is 23.6. The number of fused-ring (bicyclic) bond motifs is 4. The number of aromatic nitrogens is 3. The van der Waals surface area contributed by atoms with Crippen molar-refractivity contribution in [1.29, 1.82) is 0 Å². The Labute approximate surface area is 252 Å². The Bertz CT molecular complexity index is 1660. The fourth-order valence-corrected chi connectivity index (χ4v) is 7.90. The van der Waals surface area contributed by atoms with Gasteiger partial charge in [0.25, 0.3) is 0 Å². The first-order valence-electron chi connectivity index (χ1n) is 14.7. The molecule has 3 fully saturated rings. The van der Waals surface area contributed by atoms with Crippen molar-refractivity contribution >= 4 is 55.0 Å². The summed E-state index contributed by atoms with van der Waals surface area (Å²) in [6, 6.07) is 5.80. The van der Waals surface area contributed by atoms with Gasteiger partial charge in [-0.05, 0) is 64.3 Å². The summed E-state index contributed by atoms with van der Waals surface area (Å²) in [5, 5.41) is 4.52. The summed E-state index contributed by atoms with van der Waals surface area (Å²) in [6.45, 7) is 7.53. The highest BCUT2D eigenvalue weighted by Gasteiger charge is 2.35. The number of hydrogen-bond acceptors (Lipinski definition) is 9. The lowest BCUT2D eigenvalue weighted by atomic mass is 10.0. The number of piperazine rings is 1. The van der Waals surface area contributed by atoms with Gasteiger partial charge in [-0.25, -0.2) is 13.8 Å². The van der Waals surface area contributed by atoms with E-state index in [0.29, 0.717) is 34.9 Å². The molecule has 12 heteroatoms. The van der Waals surface area contributed by atoms with Gasteiger partial charge in [0.2, 0.25) is 0 Å². The molecule has 0 spiro atoms. The maximum Gasteiger partial charge on any atom is 0.319 e. The van der Waals surface area contributed by atoms with Crippen LogP contribution in [0.1, 0.15) is 46.0 Å². The van der Waals surface area contributed by atoms with Gasteiger partial charge in [0.05, 0.1) is 15.2 Å². The molecule has 0 amide bonds. The van der Waals surface area contributed by atoms with E-state index in [2.05, 4.69) is 32.0 Å². The van der Waals surface area contributed by atoms with Gasteiger partial charge >= 0.3 is 6.01 Å². The summed E-state index contributed by atoms with van der Waals surface area (Å²) in [5.74, 6) is -0.478. The fourth-order valence-electron chi connectivity index (χ4n) is 6.84. The molecule has 5 heterocycles. The van der Waals surface area contributed by atoms with Gasteiger partial charge in [-0.1, -0.05) is 29.4 Å². The van der Waals surface area contributed by atoms with E-state index in [0.717, 1.165) is 50.4 Å². The van der Waals surface area contributed by atoms with E-state index in [1.165, 1.54) is 31.4 Å². The number of nitrogens with two attached hydrogens (primary N) is 1. The first-order valence-corrected chi connectivity index (χ1v) is 15.9. The average molecular weight is 614 g/mol. The molecule has 2 aromatic carbocycles. The maximum absolute atomic E-state index is 16.7. The van der Waals surface area contributed by atoms with Crippen LogP contribution in [-0.4, -0.2) is 70.3 Å². The zero-order valence-corrected chi connectivity index (χ0v) is 25.2. The van der Waals surface area contributed by atoms with Crippen LogP contribution in [0.25, 0.3) is 32.2 Å². The number of rotatable bonds is 6. The molecule has 3 N–H and O–H groups in total. The van der Waals surface area contributed by atoms with E-state index in [4.69, 9.17) is 27.1 Å². The summed E-state index contributed by atoms with van der Waals surface area (Å²) in [4.78, 5) is 18.4. The molecule has 4 unspecified atom stereocenters. The van der Waals surface area contributed by atoms with E-state index in [-0.39, 0.29) is 43.6 Å². The number of nitrogens with zero attached hydrogens (tertiary/aromatic N) is 5. The maximum atomic E-state index is 16.7. The molecule has 2 bridgehead atoms. The number of halogens is 3. The lowest BCUT2D eigenvalue weighted by Gasteiger charge is -2.35. The number of piperidine rings is 1. The van der Waals surface area contributed by atoms with Crippen molar-refractivity contribution < 1.29 is 13.5 Å². The van der Waals surface area contributed by atoms with Gasteiger partial charge in [-0.3, -0.25) is 4.90 Å². The van der Waals surface area contributed by atoms with Crippen molar-refractivity contribution in [2.24, 2.45) is 0 Å². The minimum absolute atomic E-state index is 0.102. The molecule has 8 nitrogen and oxygen atoms in total. The van der Waals surface area contributed by atoms with Gasteiger partial charge in [-0.15, -0.1) is 0 Å². The molecular formula is C30H34ClF2N7OS. The first-order chi connectivity index (χ1) is 20.2. The standard InChI is InChI=1S/C30H34ClF2N7OS/c1-15-5-3-4-10-39(15)12-16(2)41-30-37-25-20(28(38-30)40-13-17-6-7-18(14-40)35-17)11-21(31)23(24(25)33)19-8-9-22(32)27-26(19)36-29(34)42-27/h8-9,11,15-18,35H,3-7,10,12-14H2,1-2H3,(H2,34,36). The van der Waals surface area contributed by atoms with Crippen molar-refractivity contribution in [3.05, 3.63) is 34.9 Å². The third-order valence-corrected chi connectivity index (χ3v) is 10.1. The molecule has 4 atom stereocenters. The Morgan fingerprint density at radius 1 is 1.12 bits per heavy atom. The van der Waals surface area contributed by atoms with Crippen molar-refractivity contribution in [3.63, 3.8) is 0 Å². The Morgan fingerprint density at radius 3 is 2.67 bits per heavy atom. The molecule has 0 saturated carbocycles. The number of benzene rings is 2. The Morgan fingerprint density at radius 2 is 1.90 bits per heavy atom. The number of anilines is 2. The molecule has 0 aliphatic carbocycles. The topological polar surface area (TPSA) is 92.4 Å². The number of ether oxygens (including phenoxy) is 1. The molecule has 3 aliphatic rings. The largest absolute Gasteiger partial charge is 0.459 e. The molecule has 0 radical (unpaired) electrons. The Hall–Kier alpha value is -2.86. The van der Waals surface area contributed by atoms with Crippen LogP contribution in [0.15, 0.2) is 18.2 Å². The third kappa shape index (κ3) is 5.04. The van der Waals surface area contributed by atoms with Crippen molar-refractivity contribution in [1.82, 2.24) is 25.2 Å². The highest BCUT2D eigenvalue weighted by molar-refractivity contribution is 7.22. The third-order valence-electron chi connectivity index (χ3n) is 8.88. The van der Waals surface area contributed by atoms with Crippen molar-refractivity contribution in [2.75, 3.05) is 36.8 Å². The van der Waals surface area contributed by atoms with Gasteiger partial charge in [0, 0.05) is 54.3 Å².